The van der Waals surface area contributed by atoms with Crippen molar-refractivity contribution in [2.45, 2.75) is 16.1 Å². The minimum atomic E-state index is -0.137. The van der Waals surface area contributed by atoms with Crippen LogP contribution in [-0.2, 0) is 0 Å². The minimum absolute atomic E-state index is 0.0156. The molecule has 1 atom stereocenters. The Hall–Kier alpha value is -3.03. The molecule has 3 aromatic carbocycles. The van der Waals surface area contributed by atoms with Crippen molar-refractivity contribution in [3.05, 3.63) is 94.8 Å². The molecule has 7 heteroatoms. The Bertz CT molecular complexity index is 1320. The van der Waals surface area contributed by atoms with E-state index in [1.807, 2.05) is 71.3 Å². The first-order chi connectivity index (χ1) is 15.2. The number of carbonyl (C=O) groups excluding carboxylic acids is 1. The highest BCUT2D eigenvalue weighted by molar-refractivity contribution is 8.00. The van der Waals surface area contributed by atoms with Crippen molar-refractivity contribution in [3.8, 4) is 0 Å². The zero-order chi connectivity index (χ0) is 21.2. The van der Waals surface area contributed by atoms with E-state index >= 15 is 0 Å². The maximum Gasteiger partial charge on any atom is 0.262 e. The number of para-hydroxylation sites is 2. The molecule has 0 unspecified atom stereocenters. The summed E-state index contributed by atoms with van der Waals surface area (Å²) < 4.78 is 1.82. The number of thioether (sulfide) groups is 2. The third-order valence-electron chi connectivity index (χ3n) is 5.15. The van der Waals surface area contributed by atoms with E-state index in [1.54, 1.807) is 35.7 Å². The summed E-state index contributed by atoms with van der Waals surface area (Å²) in [7, 11) is 0. The van der Waals surface area contributed by atoms with Crippen LogP contribution in [0.3, 0.4) is 0 Å². The van der Waals surface area contributed by atoms with Crippen LogP contribution >= 0.6 is 23.5 Å². The molecule has 0 aliphatic carbocycles. The van der Waals surface area contributed by atoms with Gasteiger partial charge in [0.15, 0.2) is 5.16 Å². The molecule has 0 saturated heterocycles. The van der Waals surface area contributed by atoms with Gasteiger partial charge in [0.2, 0.25) is 0 Å². The third kappa shape index (κ3) is 3.98. The summed E-state index contributed by atoms with van der Waals surface area (Å²) in [6.45, 7) is 0. The van der Waals surface area contributed by atoms with E-state index in [-0.39, 0.29) is 17.5 Å². The molecule has 1 amide bonds. The van der Waals surface area contributed by atoms with E-state index in [0.717, 1.165) is 32.8 Å². The standard InChI is InChI=1S/C24H19N3O2S2/c28-22(16-8-2-1-3-9-16)25-20-12-6-7-13-21(20)30-14-17-15-31-24-26-19-11-5-4-10-18(19)23(29)27(17)24/h1-13,17H,14-15H2,(H,25,28)/t17-/m0/s1. The second-order valence-corrected chi connectivity index (χ2v) is 9.23. The summed E-state index contributed by atoms with van der Waals surface area (Å²) in [5, 5.41) is 4.44. The van der Waals surface area contributed by atoms with Crippen LogP contribution in [0.25, 0.3) is 10.9 Å². The molecule has 0 bridgehead atoms. The van der Waals surface area contributed by atoms with E-state index < -0.39 is 0 Å². The maximum atomic E-state index is 13.1. The highest BCUT2D eigenvalue weighted by atomic mass is 32.2. The second kappa shape index (κ2) is 8.61. The van der Waals surface area contributed by atoms with Gasteiger partial charge in [-0.05, 0) is 36.4 Å². The first-order valence-electron chi connectivity index (χ1n) is 9.93. The lowest BCUT2D eigenvalue weighted by Crippen LogP contribution is -2.26. The molecule has 0 radical (unpaired) electrons. The lowest BCUT2D eigenvalue weighted by molar-refractivity contribution is 0.102. The molecule has 0 saturated carbocycles. The fraction of sp³-hybridized carbons (Fsp3) is 0.125. The van der Waals surface area contributed by atoms with Gasteiger partial charge in [-0.25, -0.2) is 4.98 Å². The van der Waals surface area contributed by atoms with E-state index in [0.29, 0.717) is 10.9 Å². The van der Waals surface area contributed by atoms with Crippen LogP contribution in [0, 0.1) is 0 Å². The Balaban J connectivity index is 1.36. The van der Waals surface area contributed by atoms with Gasteiger partial charge in [0.1, 0.15) is 0 Å². The fourth-order valence-electron chi connectivity index (χ4n) is 3.58. The maximum absolute atomic E-state index is 13.1. The molecule has 0 fully saturated rings. The Kier molecular flexibility index (Phi) is 5.53. The van der Waals surface area contributed by atoms with Crippen LogP contribution in [0.1, 0.15) is 16.4 Å². The van der Waals surface area contributed by atoms with E-state index in [4.69, 9.17) is 0 Å². The zero-order valence-electron chi connectivity index (χ0n) is 16.5. The summed E-state index contributed by atoms with van der Waals surface area (Å²) in [6, 6.07) is 24.5. The number of anilines is 1. The summed E-state index contributed by atoms with van der Waals surface area (Å²) in [5.41, 5.74) is 2.15. The molecular weight excluding hydrogens is 426 g/mol. The fourth-order valence-corrected chi connectivity index (χ4v) is 5.96. The molecule has 4 aromatic rings. The van der Waals surface area contributed by atoms with Crippen molar-refractivity contribution < 1.29 is 4.79 Å². The lowest BCUT2D eigenvalue weighted by atomic mass is 10.2. The Morgan fingerprint density at radius 1 is 1.03 bits per heavy atom. The summed E-state index contributed by atoms with van der Waals surface area (Å²) in [4.78, 5) is 31.3. The number of fused-ring (bicyclic) bond motifs is 2. The van der Waals surface area contributed by atoms with Crippen molar-refractivity contribution >= 4 is 46.0 Å². The van der Waals surface area contributed by atoms with E-state index in [1.165, 1.54) is 0 Å². The first-order valence-corrected chi connectivity index (χ1v) is 11.9. The van der Waals surface area contributed by atoms with Crippen LogP contribution in [0.2, 0.25) is 0 Å². The molecule has 2 heterocycles. The number of amides is 1. The molecule has 31 heavy (non-hydrogen) atoms. The van der Waals surface area contributed by atoms with Gasteiger partial charge in [-0.3, -0.25) is 14.2 Å². The molecular formula is C24H19N3O2S2. The number of rotatable bonds is 5. The zero-order valence-corrected chi connectivity index (χ0v) is 18.2. The van der Waals surface area contributed by atoms with Crippen molar-refractivity contribution in [1.82, 2.24) is 9.55 Å². The van der Waals surface area contributed by atoms with Gasteiger partial charge in [0, 0.05) is 22.0 Å². The predicted octanol–water partition coefficient (Wildman–Crippen LogP) is 5.09. The van der Waals surface area contributed by atoms with Crippen molar-refractivity contribution in [3.63, 3.8) is 0 Å². The van der Waals surface area contributed by atoms with Gasteiger partial charge >= 0.3 is 0 Å². The summed E-state index contributed by atoms with van der Waals surface area (Å²) in [5.74, 6) is 1.39. The largest absolute Gasteiger partial charge is 0.321 e. The highest BCUT2D eigenvalue weighted by Gasteiger charge is 2.26. The molecule has 154 valence electrons. The van der Waals surface area contributed by atoms with Crippen LogP contribution in [0.4, 0.5) is 5.69 Å². The van der Waals surface area contributed by atoms with E-state index in [9.17, 15) is 9.59 Å². The number of aromatic nitrogens is 2. The summed E-state index contributed by atoms with van der Waals surface area (Å²) in [6.07, 6.45) is 0. The molecule has 5 nitrogen and oxygen atoms in total. The number of carbonyl (C=O) groups is 1. The Morgan fingerprint density at radius 2 is 1.77 bits per heavy atom. The Labute approximate surface area is 187 Å². The summed E-state index contributed by atoms with van der Waals surface area (Å²) >= 11 is 3.26. The lowest BCUT2D eigenvalue weighted by Gasteiger charge is -2.15. The molecule has 1 aromatic heterocycles. The van der Waals surface area contributed by atoms with Crippen molar-refractivity contribution in [2.24, 2.45) is 0 Å². The average molecular weight is 446 g/mol. The van der Waals surface area contributed by atoms with Crippen LogP contribution < -0.4 is 10.9 Å². The first kappa shape index (κ1) is 19.9. The number of hydrogen-bond acceptors (Lipinski definition) is 5. The number of nitrogens with one attached hydrogen (secondary N) is 1. The van der Waals surface area contributed by atoms with Crippen molar-refractivity contribution in [2.75, 3.05) is 16.8 Å². The van der Waals surface area contributed by atoms with Crippen LogP contribution in [0.5, 0.6) is 0 Å². The predicted molar refractivity (Wildman–Crippen MR) is 127 cm³/mol. The number of benzene rings is 3. The molecule has 1 aliphatic rings. The van der Waals surface area contributed by atoms with Crippen LogP contribution in [0.15, 0.2) is 93.7 Å². The van der Waals surface area contributed by atoms with Gasteiger partial charge in [-0.15, -0.1) is 11.8 Å². The van der Waals surface area contributed by atoms with Crippen molar-refractivity contribution in [1.29, 1.82) is 0 Å². The highest BCUT2D eigenvalue weighted by Crippen LogP contribution is 2.36. The van der Waals surface area contributed by atoms with Gasteiger partial charge in [0.25, 0.3) is 11.5 Å². The van der Waals surface area contributed by atoms with Crippen LogP contribution in [-0.4, -0.2) is 27.0 Å². The second-order valence-electron chi connectivity index (χ2n) is 7.18. The minimum Gasteiger partial charge on any atom is -0.321 e. The van der Waals surface area contributed by atoms with Gasteiger partial charge in [-0.1, -0.05) is 54.2 Å². The molecule has 1 N–H and O–H groups in total. The normalized spacial score (nSPS) is 15.0. The molecule has 5 rings (SSSR count). The number of hydrogen-bond donors (Lipinski definition) is 1. The topological polar surface area (TPSA) is 64.0 Å². The Morgan fingerprint density at radius 3 is 2.65 bits per heavy atom. The average Bonchev–Trinajstić information content (AvgIpc) is 3.22. The number of nitrogens with zero attached hydrogens (tertiary/aromatic N) is 2. The van der Waals surface area contributed by atoms with Gasteiger partial charge in [0.05, 0.1) is 22.6 Å². The monoisotopic (exact) mass is 445 g/mol. The SMILES string of the molecule is O=C(Nc1ccccc1SC[C@H]1CSc2nc3ccccc3c(=O)n21)c1ccccc1. The van der Waals surface area contributed by atoms with E-state index in [2.05, 4.69) is 10.3 Å². The van der Waals surface area contributed by atoms with Gasteiger partial charge in [-0.2, -0.15) is 0 Å². The van der Waals surface area contributed by atoms with Gasteiger partial charge < -0.3 is 5.32 Å². The smallest absolute Gasteiger partial charge is 0.262 e. The third-order valence-corrected chi connectivity index (χ3v) is 7.46. The molecule has 0 spiro atoms. The quantitative estimate of drug-likeness (QED) is 0.343. The molecule has 1 aliphatic heterocycles.